The number of aromatic nitrogens is 1. The molecular formula is C15H20N2OS. The van der Waals surface area contributed by atoms with E-state index in [4.69, 9.17) is 9.72 Å². The summed E-state index contributed by atoms with van der Waals surface area (Å²) in [6.45, 7) is 6.16. The van der Waals surface area contributed by atoms with Crippen molar-refractivity contribution in [2.45, 2.75) is 26.8 Å². The van der Waals surface area contributed by atoms with E-state index in [9.17, 15) is 0 Å². The summed E-state index contributed by atoms with van der Waals surface area (Å²) < 4.78 is 5.27. The van der Waals surface area contributed by atoms with E-state index in [0.717, 1.165) is 35.8 Å². The second kappa shape index (κ2) is 6.68. The smallest absolute Gasteiger partial charge is 0.124 e. The lowest BCUT2D eigenvalue weighted by molar-refractivity contribution is 0.415. The van der Waals surface area contributed by atoms with Crippen LogP contribution in [0.15, 0.2) is 24.3 Å². The van der Waals surface area contributed by atoms with E-state index in [1.54, 1.807) is 18.4 Å². The van der Waals surface area contributed by atoms with Crippen LogP contribution in [0.25, 0.3) is 10.6 Å². The molecule has 0 unspecified atom stereocenters. The molecule has 1 aromatic heterocycles. The number of nitrogens with one attached hydrogen (secondary N) is 1. The normalized spacial score (nSPS) is 10.7. The number of methoxy groups -OCH3 is 1. The van der Waals surface area contributed by atoms with Crippen LogP contribution in [0.1, 0.15) is 24.4 Å². The van der Waals surface area contributed by atoms with E-state index >= 15 is 0 Å². The van der Waals surface area contributed by atoms with Gasteiger partial charge in [0, 0.05) is 17.0 Å². The van der Waals surface area contributed by atoms with Crippen molar-refractivity contribution in [2.75, 3.05) is 13.7 Å². The van der Waals surface area contributed by atoms with E-state index in [1.807, 2.05) is 18.2 Å². The predicted octanol–water partition coefficient (Wildman–Crippen LogP) is 3.49. The lowest BCUT2D eigenvalue weighted by Gasteiger charge is -2.01. The van der Waals surface area contributed by atoms with Crippen LogP contribution in [0.3, 0.4) is 0 Å². The summed E-state index contributed by atoms with van der Waals surface area (Å²) in [5.74, 6) is 0.874. The van der Waals surface area contributed by atoms with E-state index < -0.39 is 0 Å². The molecule has 0 radical (unpaired) electrons. The first-order valence-electron chi connectivity index (χ1n) is 6.62. The molecule has 1 heterocycles. The summed E-state index contributed by atoms with van der Waals surface area (Å²) in [6, 6.07) is 8.08. The Morgan fingerprint density at radius 1 is 1.32 bits per heavy atom. The monoisotopic (exact) mass is 276 g/mol. The third kappa shape index (κ3) is 3.33. The van der Waals surface area contributed by atoms with Gasteiger partial charge >= 0.3 is 0 Å². The zero-order chi connectivity index (χ0) is 13.7. The van der Waals surface area contributed by atoms with Gasteiger partial charge in [0.05, 0.1) is 12.8 Å². The van der Waals surface area contributed by atoms with Crippen molar-refractivity contribution in [3.8, 4) is 16.3 Å². The third-order valence-corrected chi connectivity index (χ3v) is 4.11. The van der Waals surface area contributed by atoms with E-state index in [0.29, 0.717) is 0 Å². The van der Waals surface area contributed by atoms with Crippen LogP contribution >= 0.6 is 11.3 Å². The number of nitrogens with zero attached hydrogens (tertiary/aromatic N) is 1. The molecule has 2 rings (SSSR count). The Bertz CT molecular complexity index is 537. The maximum atomic E-state index is 5.27. The van der Waals surface area contributed by atoms with Crippen molar-refractivity contribution >= 4 is 11.3 Å². The maximum absolute atomic E-state index is 5.27. The van der Waals surface area contributed by atoms with Crippen LogP contribution < -0.4 is 10.1 Å². The molecule has 102 valence electrons. The highest BCUT2D eigenvalue weighted by molar-refractivity contribution is 7.15. The molecule has 4 heteroatoms. The average Bonchev–Trinajstić information content (AvgIpc) is 2.88. The largest absolute Gasteiger partial charge is 0.497 e. The average molecular weight is 276 g/mol. The number of aryl methyl sites for hydroxylation is 1. The topological polar surface area (TPSA) is 34.1 Å². The summed E-state index contributed by atoms with van der Waals surface area (Å²) >= 11 is 1.77. The van der Waals surface area contributed by atoms with Crippen LogP contribution in [0, 0.1) is 0 Å². The summed E-state index contributed by atoms with van der Waals surface area (Å²) in [6.07, 6.45) is 0.973. The lowest BCUT2D eigenvalue weighted by Crippen LogP contribution is -2.11. The molecule has 0 aliphatic rings. The molecule has 2 aromatic rings. The molecule has 0 bridgehead atoms. The molecular weight excluding hydrogens is 256 g/mol. The van der Waals surface area contributed by atoms with Gasteiger partial charge in [-0.05, 0) is 25.1 Å². The second-order valence-corrected chi connectivity index (χ2v) is 5.34. The molecule has 0 fully saturated rings. The first kappa shape index (κ1) is 14.0. The first-order valence-corrected chi connectivity index (χ1v) is 7.43. The summed E-state index contributed by atoms with van der Waals surface area (Å²) in [7, 11) is 1.69. The summed E-state index contributed by atoms with van der Waals surface area (Å²) in [5.41, 5.74) is 2.32. The van der Waals surface area contributed by atoms with Crippen molar-refractivity contribution < 1.29 is 4.74 Å². The van der Waals surface area contributed by atoms with Crippen molar-refractivity contribution in [1.29, 1.82) is 0 Å². The van der Waals surface area contributed by atoms with Crippen LogP contribution in [0.2, 0.25) is 0 Å². The van der Waals surface area contributed by atoms with Gasteiger partial charge < -0.3 is 10.1 Å². The number of ether oxygens (including phenoxy) is 1. The molecule has 19 heavy (non-hydrogen) atoms. The Labute approximate surface area is 118 Å². The molecule has 0 spiro atoms. The molecule has 1 aromatic carbocycles. The molecule has 3 nitrogen and oxygen atoms in total. The zero-order valence-corrected chi connectivity index (χ0v) is 12.5. The maximum Gasteiger partial charge on any atom is 0.124 e. The van der Waals surface area contributed by atoms with Crippen LogP contribution in [-0.2, 0) is 13.0 Å². The minimum Gasteiger partial charge on any atom is -0.497 e. The van der Waals surface area contributed by atoms with Gasteiger partial charge in [-0.1, -0.05) is 26.0 Å². The fourth-order valence-electron chi connectivity index (χ4n) is 1.92. The van der Waals surface area contributed by atoms with Crippen molar-refractivity contribution in [2.24, 2.45) is 0 Å². The summed E-state index contributed by atoms with van der Waals surface area (Å²) in [4.78, 5) is 6.09. The Morgan fingerprint density at radius 3 is 2.84 bits per heavy atom. The number of thiazole rings is 1. The zero-order valence-electron chi connectivity index (χ0n) is 11.7. The SMILES string of the molecule is CCNCc1sc(-c2cccc(OC)c2)nc1CC. The quantitative estimate of drug-likeness (QED) is 0.877. The second-order valence-electron chi connectivity index (χ2n) is 4.25. The van der Waals surface area contributed by atoms with Gasteiger partial charge in [-0.3, -0.25) is 0 Å². The Kier molecular flexibility index (Phi) is 4.93. The number of benzene rings is 1. The number of hydrogen-bond acceptors (Lipinski definition) is 4. The van der Waals surface area contributed by atoms with Gasteiger partial charge in [0.25, 0.3) is 0 Å². The molecule has 0 aliphatic carbocycles. The lowest BCUT2D eigenvalue weighted by atomic mass is 10.2. The van der Waals surface area contributed by atoms with Crippen LogP contribution in [0.5, 0.6) is 5.75 Å². The summed E-state index contributed by atoms with van der Waals surface area (Å²) in [5, 5.41) is 4.45. The van der Waals surface area contributed by atoms with E-state index in [1.165, 1.54) is 10.6 Å². The van der Waals surface area contributed by atoms with Crippen molar-refractivity contribution in [3.05, 3.63) is 34.8 Å². The van der Waals surface area contributed by atoms with E-state index in [2.05, 4.69) is 25.2 Å². The molecule has 1 N–H and O–H groups in total. The molecule has 0 saturated carbocycles. The number of hydrogen-bond donors (Lipinski definition) is 1. The Balaban J connectivity index is 2.31. The molecule has 0 amide bonds. The van der Waals surface area contributed by atoms with E-state index in [-0.39, 0.29) is 0 Å². The van der Waals surface area contributed by atoms with Gasteiger partial charge in [-0.2, -0.15) is 0 Å². The molecule has 0 aliphatic heterocycles. The minimum atomic E-state index is 0.874. The third-order valence-electron chi connectivity index (χ3n) is 2.97. The van der Waals surface area contributed by atoms with Gasteiger partial charge in [0.1, 0.15) is 10.8 Å². The Morgan fingerprint density at radius 2 is 2.16 bits per heavy atom. The van der Waals surface area contributed by atoms with Gasteiger partial charge in [0.2, 0.25) is 0 Å². The number of rotatable bonds is 6. The van der Waals surface area contributed by atoms with Crippen LogP contribution in [-0.4, -0.2) is 18.6 Å². The van der Waals surface area contributed by atoms with Gasteiger partial charge in [-0.15, -0.1) is 11.3 Å². The standard InChI is InChI=1S/C15H20N2OS/c1-4-13-14(10-16-5-2)19-15(17-13)11-7-6-8-12(9-11)18-3/h6-9,16H,4-5,10H2,1-3H3. The highest BCUT2D eigenvalue weighted by Gasteiger charge is 2.11. The minimum absolute atomic E-state index is 0.874. The van der Waals surface area contributed by atoms with Crippen LogP contribution in [0.4, 0.5) is 0 Å². The highest BCUT2D eigenvalue weighted by atomic mass is 32.1. The highest BCUT2D eigenvalue weighted by Crippen LogP contribution is 2.30. The van der Waals surface area contributed by atoms with Crippen molar-refractivity contribution in [1.82, 2.24) is 10.3 Å². The Hall–Kier alpha value is -1.39. The molecule has 0 atom stereocenters. The fraction of sp³-hybridized carbons (Fsp3) is 0.400. The first-order chi connectivity index (χ1) is 9.28. The van der Waals surface area contributed by atoms with Gasteiger partial charge in [0.15, 0.2) is 0 Å². The van der Waals surface area contributed by atoms with Crippen molar-refractivity contribution in [3.63, 3.8) is 0 Å². The van der Waals surface area contributed by atoms with Gasteiger partial charge in [-0.25, -0.2) is 4.98 Å². The predicted molar refractivity (Wildman–Crippen MR) is 80.9 cm³/mol. The molecule has 0 saturated heterocycles. The fourth-order valence-corrected chi connectivity index (χ4v) is 3.03.